The fourth-order valence-corrected chi connectivity index (χ4v) is 5.77. The van der Waals surface area contributed by atoms with Gasteiger partial charge in [-0.2, -0.15) is 0 Å². The van der Waals surface area contributed by atoms with Gasteiger partial charge in [0.2, 0.25) is 0 Å². The molecule has 0 aliphatic heterocycles. The molecule has 0 fully saturated rings. The summed E-state index contributed by atoms with van der Waals surface area (Å²) < 4.78 is 0. The van der Waals surface area contributed by atoms with Gasteiger partial charge in [0.1, 0.15) is 0 Å². The summed E-state index contributed by atoms with van der Waals surface area (Å²) in [6.45, 7) is 8.22. The van der Waals surface area contributed by atoms with Crippen molar-refractivity contribution >= 4 is 11.9 Å². The van der Waals surface area contributed by atoms with Crippen LogP contribution in [0.2, 0.25) is 0 Å². The van der Waals surface area contributed by atoms with Gasteiger partial charge >= 0.3 is 11.9 Å². The third-order valence-corrected chi connectivity index (χ3v) is 9.02. The number of rotatable bonds is 34. The summed E-state index contributed by atoms with van der Waals surface area (Å²) >= 11 is 0. The average molecular weight is 611 g/mol. The van der Waals surface area contributed by atoms with Crippen molar-refractivity contribution in [1.82, 2.24) is 0 Å². The molecule has 0 spiro atoms. The lowest BCUT2D eigenvalue weighted by atomic mass is 10.0. The quantitative estimate of drug-likeness (QED) is 0.0412. The summed E-state index contributed by atoms with van der Waals surface area (Å²) in [4.78, 5) is 33.8. The minimum atomic E-state index is -0.470. The number of hydrogen-bond donors (Lipinski definition) is 0. The molecule has 43 heavy (non-hydrogen) atoms. The van der Waals surface area contributed by atoms with Crippen LogP contribution >= 0.6 is 0 Å². The van der Waals surface area contributed by atoms with Crippen molar-refractivity contribution in [2.24, 2.45) is 11.8 Å². The SMILES string of the molecule is CCCCCCCCCCCCCCCCC(C)C(=O)OOOC(=O)C(C)CCCCCCCCCCCCCCCC. The molecule has 256 valence electrons. The Labute approximate surface area is 268 Å². The van der Waals surface area contributed by atoms with Crippen molar-refractivity contribution in [3.63, 3.8) is 0 Å². The Kier molecular flexibility index (Phi) is 32.9. The summed E-state index contributed by atoms with van der Waals surface area (Å²) in [7, 11) is 0. The standard InChI is InChI=1S/C38H74O5/c1-5-7-9-11-13-15-17-19-21-23-25-27-29-31-33-35(3)37(39)41-43-42-38(40)36(4)34-32-30-28-26-24-22-20-18-16-14-12-10-8-6-2/h35-36H,5-34H2,1-4H3. The molecule has 5 nitrogen and oxygen atoms in total. The molecule has 2 atom stereocenters. The first kappa shape index (κ1) is 41.9. The van der Waals surface area contributed by atoms with Crippen LogP contribution in [0.25, 0.3) is 0 Å². The van der Waals surface area contributed by atoms with Crippen molar-refractivity contribution in [2.45, 2.75) is 220 Å². The van der Waals surface area contributed by atoms with Gasteiger partial charge in [0, 0.05) is 5.04 Å². The lowest BCUT2D eigenvalue weighted by Crippen LogP contribution is -2.19. The molecular weight excluding hydrogens is 536 g/mol. The van der Waals surface area contributed by atoms with E-state index in [9.17, 15) is 9.59 Å². The predicted molar refractivity (Wildman–Crippen MR) is 181 cm³/mol. The first-order chi connectivity index (χ1) is 21.0. The van der Waals surface area contributed by atoms with Crippen LogP contribution in [0.15, 0.2) is 0 Å². The topological polar surface area (TPSA) is 61.8 Å². The first-order valence-corrected chi connectivity index (χ1v) is 19.1. The second-order valence-electron chi connectivity index (χ2n) is 13.4. The Morgan fingerprint density at radius 2 is 0.581 bits per heavy atom. The highest BCUT2D eigenvalue weighted by Crippen LogP contribution is 2.18. The van der Waals surface area contributed by atoms with Gasteiger partial charge in [-0.15, -0.1) is 0 Å². The predicted octanol–water partition coefficient (Wildman–Crippen LogP) is 12.9. The number of unbranched alkanes of at least 4 members (excludes halogenated alkanes) is 26. The lowest BCUT2D eigenvalue weighted by molar-refractivity contribution is -0.461. The fraction of sp³-hybridized carbons (Fsp3) is 0.947. The lowest BCUT2D eigenvalue weighted by Gasteiger charge is -2.11. The van der Waals surface area contributed by atoms with Crippen LogP contribution in [0.5, 0.6) is 0 Å². The van der Waals surface area contributed by atoms with E-state index in [0.717, 1.165) is 38.5 Å². The minimum Gasteiger partial charge on any atom is -0.259 e. The van der Waals surface area contributed by atoms with Gasteiger partial charge in [-0.3, -0.25) is 9.78 Å². The molecule has 0 aromatic rings. The zero-order valence-electron chi connectivity index (χ0n) is 29.4. The molecule has 0 saturated carbocycles. The van der Waals surface area contributed by atoms with E-state index in [1.54, 1.807) is 0 Å². The summed E-state index contributed by atoms with van der Waals surface area (Å²) in [5.41, 5.74) is 0. The third kappa shape index (κ3) is 30.7. The van der Waals surface area contributed by atoms with E-state index in [-0.39, 0.29) is 11.8 Å². The molecule has 0 radical (unpaired) electrons. The van der Waals surface area contributed by atoms with E-state index >= 15 is 0 Å². The van der Waals surface area contributed by atoms with Crippen molar-refractivity contribution in [3.8, 4) is 0 Å². The zero-order chi connectivity index (χ0) is 31.6. The van der Waals surface area contributed by atoms with Gasteiger partial charge in [-0.05, 0) is 12.8 Å². The van der Waals surface area contributed by atoms with Gasteiger partial charge < -0.3 is 0 Å². The van der Waals surface area contributed by atoms with Gasteiger partial charge in [-0.25, -0.2) is 9.59 Å². The van der Waals surface area contributed by atoms with E-state index in [1.807, 2.05) is 13.8 Å². The normalized spacial score (nSPS) is 12.7. The highest BCUT2D eigenvalue weighted by Gasteiger charge is 2.19. The maximum Gasteiger partial charge on any atom is 0.349 e. The van der Waals surface area contributed by atoms with Crippen molar-refractivity contribution in [3.05, 3.63) is 0 Å². The molecule has 2 unspecified atom stereocenters. The molecule has 0 N–H and O–H groups in total. The third-order valence-electron chi connectivity index (χ3n) is 9.02. The summed E-state index contributed by atoms with van der Waals surface area (Å²) in [6, 6.07) is 0. The zero-order valence-corrected chi connectivity index (χ0v) is 29.4. The fourth-order valence-electron chi connectivity index (χ4n) is 5.77. The second-order valence-corrected chi connectivity index (χ2v) is 13.4. The van der Waals surface area contributed by atoms with Gasteiger partial charge in [-0.1, -0.05) is 207 Å². The Morgan fingerprint density at radius 1 is 0.372 bits per heavy atom. The molecule has 0 aromatic carbocycles. The number of carbonyl (C=O) groups excluding carboxylic acids is 2. The Hall–Kier alpha value is -1.10. The largest absolute Gasteiger partial charge is 0.349 e. The molecule has 0 bridgehead atoms. The summed E-state index contributed by atoms with van der Waals surface area (Å²) in [5, 5.41) is 4.55. The highest BCUT2D eigenvalue weighted by molar-refractivity contribution is 5.72. The van der Waals surface area contributed by atoms with Crippen LogP contribution in [-0.4, -0.2) is 11.9 Å². The van der Waals surface area contributed by atoms with Gasteiger partial charge in [0.15, 0.2) is 0 Å². The molecule has 0 aromatic heterocycles. The second kappa shape index (κ2) is 33.8. The van der Waals surface area contributed by atoms with E-state index in [2.05, 4.69) is 18.9 Å². The summed E-state index contributed by atoms with van der Waals surface area (Å²) in [6.07, 6.45) is 38.4. The smallest absolute Gasteiger partial charge is 0.259 e. The van der Waals surface area contributed by atoms with Crippen LogP contribution in [-0.2, 0) is 24.4 Å². The molecular formula is C38H74O5. The van der Waals surface area contributed by atoms with Crippen LogP contribution in [0, 0.1) is 11.8 Å². The van der Waals surface area contributed by atoms with Gasteiger partial charge in [0.05, 0.1) is 11.8 Å². The Bertz CT molecular complexity index is 543. The van der Waals surface area contributed by atoms with E-state index in [4.69, 9.17) is 9.78 Å². The van der Waals surface area contributed by atoms with E-state index < -0.39 is 11.9 Å². The minimum absolute atomic E-state index is 0.260. The maximum absolute atomic E-state index is 12.1. The molecule has 0 saturated heterocycles. The maximum atomic E-state index is 12.1. The van der Waals surface area contributed by atoms with Crippen molar-refractivity contribution in [2.75, 3.05) is 0 Å². The molecule has 0 aliphatic rings. The Balaban J connectivity index is 3.51. The molecule has 0 amide bonds. The average Bonchev–Trinajstić information content (AvgIpc) is 3.00. The Morgan fingerprint density at radius 3 is 0.814 bits per heavy atom. The number of carbonyl (C=O) groups is 2. The van der Waals surface area contributed by atoms with Crippen LogP contribution < -0.4 is 0 Å². The van der Waals surface area contributed by atoms with Crippen LogP contribution in [0.1, 0.15) is 220 Å². The first-order valence-electron chi connectivity index (χ1n) is 19.1. The van der Waals surface area contributed by atoms with Crippen LogP contribution in [0.4, 0.5) is 0 Å². The molecule has 0 heterocycles. The number of hydrogen-bond acceptors (Lipinski definition) is 5. The van der Waals surface area contributed by atoms with Crippen molar-refractivity contribution < 1.29 is 24.4 Å². The molecule has 0 rings (SSSR count). The van der Waals surface area contributed by atoms with E-state index in [1.165, 1.54) is 154 Å². The highest BCUT2D eigenvalue weighted by atomic mass is 17.5. The monoisotopic (exact) mass is 611 g/mol. The van der Waals surface area contributed by atoms with E-state index in [0.29, 0.717) is 0 Å². The van der Waals surface area contributed by atoms with Crippen molar-refractivity contribution in [1.29, 1.82) is 0 Å². The molecule has 0 aliphatic carbocycles. The van der Waals surface area contributed by atoms with Gasteiger partial charge in [0.25, 0.3) is 0 Å². The molecule has 5 heteroatoms. The van der Waals surface area contributed by atoms with Crippen LogP contribution in [0.3, 0.4) is 0 Å². The summed E-state index contributed by atoms with van der Waals surface area (Å²) in [5.74, 6) is -1.46.